The molecule has 0 radical (unpaired) electrons. The summed E-state index contributed by atoms with van der Waals surface area (Å²) in [5.41, 5.74) is 13.5. The first-order chi connectivity index (χ1) is 25.6. The van der Waals surface area contributed by atoms with Crippen LogP contribution in [0.4, 0.5) is 0 Å². The van der Waals surface area contributed by atoms with Gasteiger partial charge in [-0.2, -0.15) is 0 Å². The van der Waals surface area contributed by atoms with E-state index in [0.717, 1.165) is 66.1 Å². The van der Waals surface area contributed by atoms with E-state index in [2.05, 4.69) is 155 Å². The number of para-hydroxylation sites is 2. The maximum atomic E-state index is 8.49. The highest BCUT2D eigenvalue weighted by atomic mass is 15.0. The molecule has 2 heterocycles. The van der Waals surface area contributed by atoms with Crippen LogP contribution in [0.2, 0.25) is 0 Å². The lowest BCUT2D eigenvalue weighted by molar-refractivity contribution is 1.18. The van der Waals surface area contributed by atoms with E-state index in [9.17, 15) is 0 Å². The van der Waals surface area contributed by atoms with Gasteiger partial charge in [0.2, 0.25) is 0 Å². The molecule has 0 aliphatic carbocycles. The van der Waals surface area contributed by atoms with Crippen LogP contribution in [0.5, 0.6) is 0 Å². The third kappa shape index (κ3) is 4.57. The fourth-order valence-corrected chi connectivity index (χ4v) is 7.60. The molecule has 0 N–H and O–H groups in total. The number of fused-ring (bicyclic) bond motifs is 6. The Morgan fingerprint density at radius 2 is 0.640 bits per heavy atom. The molecule has 0 atom stereocenters. The molecule has 0 unspecified atom stereocenters. The van der Waals surface area contributed by atoms with E-state index in [1.165, 1.54) is 22.3 Å². The van der Waals surface area contributed by atoms with E-state index in [-0.39, 0.29) is 0 Å². The lowest BCUT2D eigenvalue weighted by Gasteiger charge is -2.11. The van der Waals surface area contributed by atoms with Gasteiger partial charge in [-0.1, -0.05) is 133 Å². The van der Waals surface area contributed by atoms with E-state index in [1.54, 1.807) is 0 Å². The molecule has 10 rings (SSSR count). The van der Waals surface area contributed by atoms with Crippen LogP contribution in [0.15, 0.2) is 194 Å². The van der Waals surface area contributed by atoms with Gasteiger partial charge in [-0.05, 0) is 94.0 Å². The highest BCUT2D eigenvalue weighted by Gasteiger charge is 2.16. The SMILES string of the molecule is [2H]c1ccc2c(c1)c1cc(-c3ccc4c(c3)c3cc([2H])ccc3n4-c3ccc(-c4ccccc4)cc3)ccc1n2-c1ccc(-c2ccccc2)cc1. The third-order valence-electron chi connectivity index (χ3n) is 10.0. The van der Waals surface area contributed by atoms with Gasteiger partial charge in [-0.15, -0.1) is 0 Å². The summed E-state index contributed by atoms with van der Waals surface area (Å²) >= 11 is 0. The summed E-state index contributed by atoms with van der Waals surface area (Å²) in [6, 6.07) is 64.5. The molecule has 0 aliphatic rings. The summed E-state index contributed by atoms with van der Waals surface area (Å²) in [5.74, 6) is 0. The van der Waals surface area contributed by atoms with Crippen LogP contribution >= 0.6 is 0 Å². The Bertz CT molecular complexity index is 2730. The second-order valence-corrected chi connectivity index (χ2v) is 12.8. The minimum atomic E-state index is 0.494. The van der Waals surface area contributed by atoms with E-state index in [0.29, 0.717) is 12.1 Å². The highest BCUT2D eigenvalue weighted by Crippen LogP contribution is 2.38. The first-order valence-electron chi connectivity index (χ1n) is 18.0. The summed E-state index contributed by atoms with van der Waals surface area (Å²) < 4.78 is 21.6. The van der Waals surface area contributed by atoms with Crippen molar-refractivity contribution in [3.63, 3.8) is 0 Å². The van der Waals surface area contributed by atoms with Gasteiger partial charge in [0, 0.05) is 32.9 Å². The smallest absolute Gasteiger partial charge is 0.0623 e. The summed E-state index contributed by atoms with van der Waals surface area (Å²) in [7, 11) is 0. The maximum Gasteiger partial charge on any atom is 0.0623 e. The molecule has 234 valence electrons. The standard InChI is InChI=1S/C48H32N2/c1-3-11-33(12-4-1)35-19-25-39(26-20-35)49-45-17-9-7-15-41(45)43-31-37(23-29-47(43)49)38-24-30-48-44(32-38)42-16-8-10-18-46(42)50(48)40-27-21-36(22-28-40)34-13-5-2-6-14-34/h1-32H/i7D,8D. The van der Waals surface area contributed by atoms with Gasteiger partial charge in [-0.3, -0.25) is 0 Å². The fraction of sp³-hybridized carbons (Fsp3) is 0. The molecule has 0 saturated carbocycles. The van der Waals surface area contributed by atoms with Crippen molar-refractivity contribution < 1.29 is 2.74 Å². The Labute approximate surface area is 293 Å². The number of rotatable bonds is 5. The number of hydrogen-bond donors (Lipinski definition) is 0. The van der Waals surface area contributed by atoms with Gasteiger partial charge in [-0.25, -0.2) is 0 Å². The predicted octanol–water partition coefficient (Wildman–Crippen LogP) is 12.9. The van der Waals surface area contributed by atoms with Crippen molar-refractivity contribution in [1.82, 2.24) is 9.13 Å². The molecule has 2 nitrogen and oxygen atoms in total. The fourth-order valence-electron chi connectivity index (χ4n) is 7.60. The molecular formula is C48H32N2. The molecular weight excluding hydrogens is 605 g/mol. The van der Waals surface area contributed by atoms with E-state index < -0.39 is 0 Å². The predicted molar refractivity (Wildman–Crippen MR) is 211 cm³/mol. The zero-order valence-corrected chi connectivity index (χ0v) is 27.2. The van der Waals surface area contributed by atoms with Crippen molar-refractivity contribution in [3.8, 4) is 44.8 Å². The van der Waals surface area contributed by atoms with Crippen LogP contribution < -0.4 is 0 Å². The van der Waals surface area contributed by atoms with Crippen LogP contribution in [0.1, 0.15) is 2.74 Å². The Kier molecular flexibility index (Phi) is 6.06. The zero-order valence-electron chi connectivity index (χ0n) is 29.2. The molecule has 10 aromatic rings. The Balaban J connectivity index is 1.10. The Morgan fingerprint density at radius 1 is 0.280 bits per heavy atom. The zero-order chi connectivity index (χ0) is 34.8. The van der Waals surface area contributed by atoms with Crippen molar-refractivity contribution in [2.45, 2.75) is 0 Å². The number of aromatic nitrogens is 2. The first kappa shape index (κ1) is 26.3. The van der Waals surface area contributed by atoms with Gasteiger partial charge in [0.1, 0.15) is 0 Å². The number of hydrogen-bond acceptors (Lipinski definition) is 0. The first-order valence-corrected chi connectivity index (χ1v) is 17.0. The third-order valence-corrected chi connectivity index (χ3v) is 10.0. The Morgan fingerprint density at radius 3 is 1.06 bits per heavy atom. The molecule has 2 aromatic heterocycles. The minimum absolute atomic E-state index is 0.494. The molecule has 8 aromatic carbocycles. The van der Waals surface area contributed by atoms with Crippen molar-refractivity contribution in [1.29, 1.82) is 0 Å². The summed E-state index contributed by atoms with van der Waals surface area (Å²) in [5, 5.41) is 4.35. The van der Waals surface area contributed by atoms with Gasteiger partial charge in [0.15, 0.2) is 0 Å². The summed E-state index contributed by atoms with van der Waals surface area (Å²) in [4.78, 5) is 0. The lowest BCUT2D eigenvalue weighted by Crippen LogP contribution is -1.94. The van der Waals surface area contributed by atoms with Crippen LogP contribution in [-0.2, 0) is 0 Å². The van der Waals surface area contributed by atoms with Crippen LogP contribution in [0.3, 0.4) is 0 Å². The van der Waals surface area contributed by atoms with E-state index in [1.807, 2.05) is 36.4 Å². The van der Waals surface area contributed by atoms with Crippen molar-refractivity contribution in [3.05, 3.63) is 194 Å². The monoisotopic (exact) mass is 638 g/mol. The quantitative estimate of drug-likeness (QED) is 0.178. The Hall–Kier alpha value is -6.64. The summed E-state index contributed by atoms with van der Waals surface area (Å²) in [6.07, 6.45) is 0. The topological polar surface area (TPSA) is 9.86 Å². The van der Waals surface area contributed by atoms with Gasteiger partial charge >= 0.3 is 0 Å². The van der Waals surface area contributed by atoms with Crippen LogP contribution in [-0.4, -0.2) is 9.13 Å². The molecule has 0 fully saturated rings. The van der Waals surface area contributed by atoms with Gasteiger partial charge in [0.25, 0.3) is 0 Å². The average molecular weight is 639 g/mol. The van der Waals surface area contributed by atoms with E-state index in [4.69, 9.17) is 2.74 Å². The van der Waals surface area contributed by atoms with E-state index >= 15 is 0 Å². The second kappa shape index (κ2) is 11.5. The minimum Gasteiger partial charge on any atom is -0.309 e. The second-order valence-electron chi connectivity index (χ2n) is 12.8. The largest absolute Gasteiger partial charge is 0.309 e. The number of benzene rings is 8. The molecule has 0 amide bonds. The van der Waals surface area contributed by atoms with Crippen molar-refractivity contribution in [2.24, 2.45) is 0 Å². The van der Waals surface area contributed by atoms with Crippen molar-refractivity contribution in [2.75, 3.05) is 0 Å². The van der Waals surface area contributed by atoms with Crippen molar-refractivity contribution >= 4 is 43.6 Å². The molecule has 2 heteroatoms. The summed E-state index contributed by atoms with van der Waals surface area (Å²) in [6.45, 7) is 0. The highest BCUT2D eigenvalue weighted by molar-refractivity contribution is 6.12. The molecule has 0 spiro atoms. The normalized spacial score (nSPS) is 12.2. The number of nitrogens with zero attached hydrogens (tertiary/aromatic N) is 2. The average Bonchev–Trinajstić information content (AvgIpc) is 3.70. The van der Waals surface area contributed by atoms with Crippen LogP contribution in [0.25, 0.3) is 88.4 Å². The molecule has 0 bridgehead atoms. The molecule has 0 aliphatic heterocycles. The maximum absolute atomic E-state index is 8.49. The van der Waals surface area contributed by atoms with Crippen LogP contribution in [0, 0.1) is 0 Å². The molecule has 0 saturated heterocycles. The van der Waals surface area contributed by atoms with Gasteiger partial charge < -0.3 is 9.13 Å². The van der Waals surface area contributed by atoms with Gasteiger partial charge in [0.05, 0.1) is 24.8 Å². The lowest BCUT2D eigenvalue weighted by atomic mass is 10.0. The molecule has 50 heavy (non-hydrogen) atoms.